The van der Waals surface area contributed by atoms with E-state index in [9.17, 15) is 4.79 Å². The number of hydrogen-bond acceptors (Lipinski definition) is 4. The summed E-state index contributed by atoms with van der Waals surface area (Å²) in [6, 6.07) is 1.92. The molecule has 6 heteroatoms. The molecule has 1 atom stereocenters. The number of nitrogens with zero attached hydrogens (tertiary/aromatic N) is 2. The molecule has 0 spiro atoms. The normalized spacial score (nSPS) is 21.9. The van der Waals surface area contributed by atoms with Crippen molar-refractivity contribution in [3.05, 3.63) is 20.3 Å². The fraction of sp³-hybridized carbons (Fsp3) is 0.538. The third-order valence-corrected chi connectivity index (χ3v) is 5.65. The minimum atomic E-state index is 0.0780. The first-order chi connectivity index (χ1) is 9.06. The molecule has 1 aliphatic rings. The number of piperidine rings is 1. The van der Waals surface area contributed by atoms with Crippen LogP contribution in [0.5, 0.6) is 0 Å². The quantitative estimate of drug-likeness (QED) is 0.659. The van der Waals surface area contributed by atoms with Gasteiger partial charge in [0.15, 0.2) is 0 Å². The molecule has 4 nitrogen and oxygen atoms in total. The van der Waals surface area contributed by atoms with Gasteiger partial charge in [0, 0.05) is 25.4 Å². The molecule has 0 aromatic carbocycles. The topological polar surface area (TPSA) is 52.9 Å². The van der Waals surface area contributed by atoms with Gasteiger partial charge in [0.1, 0.15) is 0 Å². The summed E-state index contributed by atoms with van der Waals surface area (Å²) in [6.07, 6.45) is 1.54. The minimum Gasteiger partial charge on any atom is -0.411 e. The number of rotatable bonds is 2. The van der Waals surface area contributed by atoms with Gasteiger partial charge in [0.2, 0.25) is 0 Å². The van der Waals surface area contributed by atoms with E-state index in [1.807, 2.05) is 17.9 Å². The highest BCUT2D eigenvalue weighted by Crippen LogP contribution is 2.29. The Morgan fingerprint density at radius 3 is 2.95 bits per heavy atom. The van der Waals surface area contributed by atoms with E-state index >= 15 is 0 Å². The summed E-state index contributed by atoms with van der Waals surface area (Å²) in [4.78, 5) is 15.1. The number of carbonyl (C=O) groups excluding carboxylic acids is 1. The van der Waals surface area contributed by atoms with E-state index in [1.165, 1.54) is 11.3 Å². The molecule has 0 radical (unpaired) electrons. The molecule has 1 aromatic rings. The van der Waals surface area contributed by atoms with Gasteiger partial charge in [0.25, 0.3) is 5.91 Å². The second-order valence-corrected chi connectivity index (χ2v) is 7.14. The van der Waals surface area contributed by atoms with Gasteiger partial charge in [-0.1, -0.05) is 12.1 Å². The molecule has 1 aromatic heterocycles. The zero-order chi connectivity index (χ0) is 14.0. The molecule has 1 unspecified atom stereocenters. The largest absolute Gasteiger partial charge is 0.411 e. The first kappa shape index (κ1) is 14.5. The van der Waals surface area contributed by atoms with E-state index < -0.39 is 0 Å². The Hall–Kier alpha value is -0.880. The van der Waals surface area contributed by atoms with Crippen LogP contribution in [0.1, 0.15) is 35.0 Å². The van der Waals surface area contributed by atoms with Crippen LogP contribution >= 0.6 is 27.3 Å². The number of thiophene rings is 1. The van der Waals surface area contributed by atoms with Gasteiger partial charge in [-0.25, -0.2) is 0 Å². The molecule has 2 rings (SSSR count). The zero-order valence-corrected chi connectivity index (χ0v) is 13.4. The molecule has 0 aliphatic carbocycles. The smallest absolute Gasteiger partial charge is 0.264 e. The van der Waals surface area contributed by atoms with Gasteiger partial charge >= 0.3 is 0 Å². The Morgan fingerprint density at radius 2 is 2.42 bits per heavy atom. The molecule has 19 heavy (non-hydrogen) atoms. The van der Waals surface area contributed by atoms with Crippen LogP contribution < -0.4 is 0 Å². The number of halogens is 1. The molecular formula is C13H17BrN2O2S. The van der Waals surface area contributed by atoms with E-state index in [4.69, 9.17) is 5.21 Å². The SMILES string of the molecule is CCC1CN(C(=O)c2cc(C)c(Br)s2)CCC1=NO. The lowest BCUT2D eigenvalue weighted by Crippen LogP contribution is -2.43. The maximum absolute atomic E-state index is 12.4. The number of hydrogen-bond donors (Lipinski definition) is 1. The van der Waals surface area contributed by atoms with Crippen LogP contribution in [0.4, 0.5) is 0 Å². The van der Waals surface area contributed by atoms with Gasteiger partial charge in [-0.3, -0.25) is 4.79 Å². The summed E-state index contributed by atoms with van der Waals surface area (Å²) in [5, 5.41) is 12.3. The second-order valence-electron chi connectivity index (χ2n) is 4.77. The van der Waals surface area contributed by atoms with E-state index in [-0.39, 0.29) is 11.8 Å². The number of amides is 1. The Kier molecular flexibility index (Phi) is 4.62. The summed E-state index contributed by atoms with van der Waals surface area (Å²) in [5.74, 6) is 0.251. The van der Waals surface area contributed by atoms with Gasteiger partial charge in [-0.2, -0.15) is 0 Å². The van der Waals surface area contributed by atoms with Crippen LogP contribution in [0.25, 0.3) is 0 Å². The van der Waals surface area contributed by atoms with Gasteiger partial charge < -0.3 is 10.1 Å². The Balaban J connectivity index is 2.13. The second kappa shape index (κ2) is 6.05. The molecule has 0 saturated carbocycles. The monoisotopic (exact) mass is 344 g/mol. The maximum atomic E-state index is 12.4. The lowest BCUT2D eigenvalue weighted by Gasteiger charge is -2.32. The lowest BCUT2D eigenvalue weighted by molar-refractivity contribution is 0.0734. The van der Waals surface area contributed by atoms with Crippen LogP contribution in [0.15, 0.2) is 15.0 Å². The molecule has 0 bridgehead atoms. The standard InChI is InChI=1S/C13H17BrN2O2S/c1-3-9-7-16(5-4-10(9)15-18)13(17)11-6-8(2)12(14)19-11/h6,9,18H,3-5,7H2,1-2H3. The first-order valence-electron chi connectivity index (χ1n) is 6.32. The summed E-state index contributed by atoms with van der Waals surface area (Å²) in [5.41, 5.74) is 1.91. The van der Waals surface area contributed by atoms with Crippen molar-refractivity contribution in [3.8, 4) is 0 Å². The fourth-order valence-corrected chi connectivity index (χ4v) is 3.82. The molecule has 1 N–H and O–H groups in total. The van der Waals surface area contributed by atoms with Crippen molar-refractivity contribution in [2.45, 2.75) is 26.7 Å². The first-order valence-corrected chi connectivity index (χ1v) is 7.93. The Morgan fingerprint density at radius 1 is 1.68 bits per heavy atom. The molecule has 1 amide bonds. The van der Waals surface area contributed by atoms with Gasteiger partial charge in [0.05, 0.1) is 14.4 Å². The third kappa shape index (κ3) is 3.00. The molecule has 104 valence electrons. The van der Waals surface area contributed by atoms with E-state index in [0.717, 1.165) is 26.4 Å². The maximum Gasteiger partial charge on any atom is 0.264 e. The summed E-state index contributed by atoms with van der Waals surface area (Å²) < 4.78 is 1.01. The highest BCUT2D eigenvalue weighted by molar-refractivity contribution is 9.11. The predicted octanol–water partition coefficient (Wildman–Crippen LogP) is 3.52. The Labute approximate surface area is 125 Å². The molecule has 1 aliphatic heterocycles. The van der Waals surface area contributed by atoms with Crippen molar-refractivity contribution in [3.63, 3.8) is 0 Å². The number of carbonyl (C=O) groups is 1. The van der Waals surface area contributed by atoms with E-state index in [2.05, 4.69) is 28.0 Å². The summed E-state index contributed by atoms with van der Waals surface area (Å²) >= 11 is 4.93. The summed E-state index contributed by atoms with van der Waals surface area (Å²) in [6.45, 7) is 5.31. The molecule has 1 fully saturated rings. The highest BCUT2D eigenvalue weighted by atomic mass is 79.9. The van der Waals surface area contributed by atoms with Crippen molar-refractivity contribution < 1.29 is 10.0 Å². The molecular weight excluding hydrogens is 328 g/mol. The fourth-order valence-electron chi connectivity index (χ4n) is 2.32. The Bertz CT molecular complexity index is 493. The van der Waals surface area contributed by atoms with E-state index in [0.29, 0.717) is 19.5 Å². The average molecular weight is 345 g/mol. The van der Waals surface area contributed by atoms with Crippen LogP contribution in [-0.2, 0) is 0 Å². The van der Waals surface area contributed by atoms with Crippen molar-refractivity contribution >= 4 is 38.9 Å². The van der Waals surface area contributed by atoms with Crippen molar-refractivity contribution in [2.75, 3.05) is 13.1 Å². The lowest BCUT2D eigenvalue weighted by atomic mass is 9.93. The van der Waals surface area contributed by atoms with Gasteiger partial charge in [-0.15, -0.1) is 11.3 Å². The van der Waals surface area contributed by atoms with Crippen molar-refractivity contribution in [2.24, 2.45) is 11.1 Å². The number of aryl methyl sites for hydroxylation is 1. The van der Waals surface area contributed by atoms with Crippen LogP contribution in [0, 0.1) is 12.8 Å². The highest BCUT2D eigenvalue weighted by Gasteiger charge is 2.29. The third-order valence-electron chi connectivity index (χ3n) is 3.53. The van der Waals surface area contributed by atoms with Crippen molar-refractivity contribution in [1.29, 1.82) is 0 Å². The number of oxime groups is 1. The van der Waals surface area contributed by atoms with Crippen LogP contribution in [0.2, 0.25) is 0 Å². The summed E-state index contributed by atoms with van der Waals surface area (Å²) in [7, 11) is 0. The molecule has 1 saturated heterocycles. The zero-order valence-electron chi connectivity index (χ0n) is 11.0. The number of likely N-dealkylation sites (tertiary alicyclic amines) is 1. The van der Waals surface area contributed by atoms with Gasteiger partial charge in [-0.05, 0) is 40.9 Å². The van der Waals surface area contributed by atoms with Crippen molar-refractivity contribution in [1.82, 2.24) is 4.90 Å². The van der Waals surface area contributed by atoms with E-state index in [1.54, 1.807) is 0 Å². The molecule has 2 heterocycles. The average Bonchev–Trinajstić information content (AvgIpc) is 2.77. The predicted molar refractivity (Wildman–Crippen MR) is 80.3 cm³/mol. The minimum absolute atomic E-state index is 0.0780. The van der Waals surface area contributed by atoms with Crippen LogP contribution in [0.3, 0.4) is 0 Å². The van der Waals surface area contributed by atoms with Crippen LogP contribution in [-0.4, -0.2) is 34.8 Å².